The first kappa shape index (κ1) is 12.4. The number of hydrazone groups is 1. The number of nitrogens with zero attached hydrogens (tertiary/aromatic N) is 2. The van der Waals surface area contributed by atoms with E-state index < -0.39 is 0 Å². The molecule has 0 amide bonds. The second kappa shape index (κ2) is 5.49. The first-order valence-corrected chi connectivity index (χ1v) is 6.45. The Morgan fingerprint density at radius 1 is 1.35 bits per heavy atom. The van der Waals surface area contributed by atoms with Crippen LogP contribution < -0.4 is 5.43 Å². The highest BCUT2D eigenvalue weighted by atomic mass is 35.5. The van der Waals surface area contributed by atoms with E-state index in [2.05, 4.69) is 15.5 Å². The van der Waals surface area contributed by atoms with Crippen LogP contribution in [0.25, 0.3) is 0 Å². The van der Waals surface area contributed by atoms with Crippen LogP contribution >= 0.6 is 34.5 Å². The van der Waals surface area contributed by atoms with E-state index in [9.17, 15) is 0 Å². The van der Waals surface area contributed by atoms with E-state index in [0.29, 0.717) is 15.6 Å². The zero-order chi connectivity index (χ0) is 12.3. The maximum atomic E-state index is 6.00. The number of hydrogen-bond donors (Lipinski definition) is 1. The van der Waals surface area contributed by atoms with Crippen LogP contribution in [0.3, 0.4) is 0 Å². The summed E-state index contributed by atoms with van der Waals surface area (Å²) in [6, 6.07) is 5.32. The summed E-state index contributed by atoms with van der Waals surface area (Å²) in [6.07, 6.45) is 1.58. The summed E-state index contributed by atoms with van der Waals surface area (Å²) in [5.74, 6) is 0. The summed E-state index contributed by atoms with van der Waals surface area (Å²) < 4.78 is 0. The summed E-state index contributed by atoms with van der Waals surface area (Å²) in [5.41, 5.74) is 4.48. The number of thiazole rings is 1. The zero-order valence-corrected chi connectivity index (χ0v) is 11.3. The van der Waals surface area contributed by atoms with Crippen LogP contribution in [0.15, 0.2) is 28.7 Å². The van der Waals surface area contributed by atoms with Gasteiger partial charge in [-0.25, -0.2) is 4.98 Å². The molecular weight excluding hydrogens is 277 g/mol. The van der Waals surface area contributed by atoms with Gasteiger partial charge < -0.3 is 0 Å². The lowest BCUT2D eigenvalue weighted by Crippen LogP contribution is -1.91. The highest BCUT2D eigenvalue weighted by Gasteiger charge is 2.02. The Balaban J connectivity index is 2.10. The molecule has 1 aromatic heterocycles. The Bertz CT molecular complexity index is 531. The lowest BCUT2D eigenvalue weighted by Gasteiger charge is -2.00. The number of anilines is 1. The minimum absolute atomic E-state index is 0.568. The van der Waals surface area contributed by atoms with E-state index in [1.54, 1.807) is 24.4 Å². The molecule has 0 saturated heterocycles. The van der Waals surface area contributed by atoms with Crippen molar-refractivity contribution in [1.29, 1.82) is 0 Å². The fourth-order valence-corrected chi connectivity index (χ4v) is 2.32. The molecule has 0 fully saturated rings. The van der Waals surface area contributed by atoms with E-state index in [1.165, 1.54) is 11.3 Å². The topological polar surface area (TPSA) is 37.3 Å². The predicted octanol–water partition coefficient (Wildman–Crippen LogP) is 4.20. The van der Waals surface area contributed by atoms with Gasteiger partial charge in [-0.2, -0.15) is 5.10 Å². The largest absolute Gasteiger partial charge is 0.253 e. The quantitative estimate of drug-likeness (QED) is 0.678. The molecule has 0 saturated carbocycles. The van der Waals surface area contributed by atoms with Gasteiger partial charge in [0.05, 0.1) is 22.0 Å². The van der Waals surface area contributed by atoms with E-state index in [-0.39, 0.29) is 0 Å². The Kier molecular flexibility index (Phi) is 3.99. The Labute approximate surface area is 113 Å². The Hall–Kier alpha value is -1.10. The molecular formula is C11H9Cl2N3S. The summed E-state index contributed by atoms with van der Waals surface area (Å²) in [5, 5.41) is 7.87. The van der Waals surface area contributed by atoms with Crippen LogP contribution in [-0.2, 0) is 0 Å². The smallest absolute Gasteiger partial charge is 0.203 e. The standard InChI is InChI=1S/C11H9Cl2N3S/c1-7-6-17-11(15-7)16-14-5-8-9(12)3-2-4-10(8)13/h2-6H,1H3,(H,15,16)/b14-5+. The molecule has 2 aromatic rings. The molecule has 0 radical (unpaired) electrons. The molecule has 0 aliphatic carbocycles. The van der Waals surface area contributed by atoms with Gasteiger partial charge in [0.15, 0.2) is 0 Å². The van der Waals surface area contributed by atoms with E-state index >= 15 is 0 Å². The SMILES string of the molecule is Cc1csc(N/N=C/c2c(Cl)cccc2Cl)n1. The minimum Gasteiger partial charge on any atom is -0.253 e. The molecule has 17 heavy (non-hydrogen) atoms. The normalized spacial score (nSPS) is 11.0. The number of hydrogen-bond acceptors (Lipinski definition) is 4. The number of rotatable bonds is 3. The van der Waals surface area contributed by atoms with Crippen LogP contribution in [0.4, 0.5) is 5.13 Å². The highest BCUT2D eigenvalue weighted by molar-refractivity contribution is 7.13. The minimum atomic E-state index is 0.568. The number of aryl methyl sites for hydroxylation is 1. The van der Waals surface area contributed by atoms with Gasteiger partial charge in [-0.15, -0.1) is 11.3 Å². The second-order valence-electron chi connectivity index (χ2n) is 3.30. The molecule has 0 aliphatic rings. The third kappa shape index (κ3) is 3.19. The van der Waals surface area contributed by atoms with Gasteiger partial charge in [0, 0.05) is 10.9 Å². The van der Waals surface area contributed by atoms with Crippen molar-refractivity contribution in [3.05, 3.63) is 44.9 Å². The lowest BCUT2D eigenvalue weighted by atomic mass is 10.2. The summed E-state index contributed by atoms with van der Waals surface area (Å²) in [6.45, 7) is 1.93. The van der Waals surface area contributed by atoms with Crippen LogP contribution in [0, 0.1) is 6.92 Å². The molecule has 2 rings (SSSR count). The molecule has 0 bridgehead atoms. The number of aromatic nitrogens is 1. The maximum absolute atomic E-state index is 6.00. The number of halogens is 2. The first-order chi connectivity index (χ1) is 8.16. The second-order valence-corrected chi connectivity index (χ2v) is 4.97. The van der Waals surface area contributed by atoms with Gasteiger partial charge >= 0.3 is 0 Å². The highest BCUT2D eigenvalue weighted by Crippen LogP contribution is 2.22. The van der Waals surface area contributed by atoms with Crippen molar-refractivity contribution in [2.24, 2.45) is 5.10 Å². The fourth-order valence-electron chi connectivity index (χ4n) is 1.19. The molecule has 0 atom stereocenters. The van der Waals surface area contributed by atoms with Crippen molar-refractivity contribution < 1.29 is 0 Å². The van der Waals surface area contributed by atoms with E-state index in [1.807, 2.05) is 12.3 Å². The molecule has 0 aliphatic heterocycles. The third-order valence-corrected chi connectivity index (χ3v) is 3.50. The first-order valence-electron chi connectivity index (χ1n) is 4.82. The van der Waals surface area contributed by atoms with Crippen LogP contribution in [0.1, 0.15) is 11.3 Å². The summed E-state index contributed by atoms with van der Waals surface area (Å²) >= 11 is 13.5. The molecule has 1 heterocycles. The van der Waals surface area contributed by atoms with Gasteiger partial charge in [0.25, 0.3) is 0 Å². The van der Waals surface area contributed by atoms with Crippen molar-refractivity contribution in [1.82, 2.24) is 4.98 Å². The molecule has 6 heteroatoms. The number of nitrogens with one attached hydrogen (secondary N) is 1. The van der Waals surface area contributed by atoms with Gasteiger partial charge in [-0.05, 0) is 19.1 Å². The molecule has 88 valence electrons. The summed E-state index contributed by atoms with van der Waals surface area (Å²) in [7, 11) is 0. The maximum Gasteiger partial charge on any atom is 0.203 e. The van der Waals surface area contributed by atoms with Gasteiger partial charge in [0.1, 0.15) is 0 Å². The Morgan fingerprint density at radius 2 is 2.06 bits per heavy atom. The third-order valence-electron chi connectivity index (χ3n) is 1.97. The van der Waals surface area contributed by atoms with Crippen LogP contribution in [0.5, 0.6) is 0 Å². The van der Waals surface area contributed by atoms with Crippen LogP contribution in [-0.4, -0.2) is 11.2 Å². The molecule has 1 aromatic carbocycles. The predicted molar refractivity (Wildman–Crippen MR) is 74.5 cm³/mol. The van der Waals surface area contributed by atoms with Crippen molar-refractivity contribution in [2.75, 3.05) is 5.43 Å². The van der Waals surface area contributed by atoms with Crippen LogP contribution in [0.2, 0.25) is 10.0 Å². The van der Waals surface area contributed by atoms with Gasteiger partial charge in [-0.3, -0.25) is 5.43 Å². The molecule has 0 spiro atoms. The Morgan fingerprint density at radius 3 is 2.65 bits per heavy atom. The molecule has 1 N–H and O–H groups in total. The lowest BCUT2D eigenvalue weighted by molar-refractivity contribution is 1.22. The van der Waals surface area contributed by atoms with Gasteiger partial charge in [0.2, 0.25) is 5.13 Å². The van der Waals surface area contributed by atoms with Crippen molar-refractivity contribution in [2.45, 2.75) is 6.92 Å². The average molecular weight is 286 g/mol. The zero-order valence-electron chi connectivity index (χ0n) is 8.95. The number of benzene rings is 1. The summed E-state index contributed by atoms with van der Waals surface area (Å²) in [4.78, 5) is 4.21. The van der Waals surface area contributed by atoms with Gasteiger partial charge in [-0.1, -0.05) is 29.3 Å². The monoisotopic (exact) mass is 285 g/mol. The van der Waals surface area contributed by atoms with E-state index in [4.69, 9.17) is 23.2 Å². The molecule has 0 unspecified atom stereocenters. The van der Waals surface area contributed by atoms with Crippen molar-refractivity contribution in [3.8, 4) is 0 Å². The van der Waals surface area contributed by atoms with Crippen molar-refractivity contribution in [3.63, 3.8) is 0 Å². The fraction of sp³-hybridized carbons (Fsp3) is 0.0909. The van der Waals surface area contributed by atoms with Crippen molar-refractivity contribution >= 4 is 45.9 Å². The molecule has 3 nitrogen and oxygen atoms in total. The van der Waals surface area contributed by atoms with E-state index in [0.717, 1.165) is 10.8 Å². The average Bonchev–Trinajstić information content (AvgIpc) is 2.69.